The summed E-state index contributed by atoms with van der Waals surface area (Å²) in [7, 11) is 0. The van der Waals surface area contributed by atoms with Gasteiger partial charge in [-0.25, -0.2) is 0 Å². The minimum atomic E-state index is -0.719. The van der Waals surface area contributed by atoms with Crippen molar-refractivity contribution < 1.29 is 14.6 Å². The van der Waals surface area contributed by atoms with E-state index in [-0.39, 0.29) is 25.1 Å². The highest BCUT2D eigenvalue weighted by Gasteiger charge is 2.13. The second-order valence-corrected chi connectivity index (χ2v) is 4.83. The fourth-order valence-electron chi connectivity index (χ4n) is 1.54. The molecule has 0 aliphatic heterocycles. The number of ether oxygens (including phenoxy) is 1. The summed E-state index contributed by atoms with van der Waals surface area (Å²) < 4.78 is 5.42. The molecule has 0 aliphatic carbocycles. The van der Waals surface area contributed by atoms with Crippen LogP contribution in [0.15, 0.2) is 24.3 Å². The van der Waals surface area contributed by atoms with Crippen molar-refractivity contribution in [3.05, 3.63) is 29.3 Å². The third-order valence-electron chi connectivity index (χ3n) is 2.67. The number of hydrogen-bond acceptors (Lipinski definition) is 4. The van der Waals surface area contributed by atoms with Gasteiger partial charge in [0.25, 0.3) is 0 Å². The van der Waals surface area contributed by atoms with Gasteiger partial charge in [0.2, 0.25) is 5.91 Å². The Kier molecular flexibility index (Phi) is 7.36. The Balaban J connectivity index is 2.29. The number of rotatable bonds is 8. The average molecular weight is 301 g/mol. The van der Waals surface area contributed by atoms with Crippen LogP contribution in [0.2, 0.25) is 5.02 Å². The van der Waals surface area contributed by atoms with Crippen molar-refractivity contribution in [2.24, 2.45) is 0 Å². The summed E-state index contributed by atoms with van der Waals surface area (Å²) >= 11 is 5.94. The summed E-state index contributed by atoms with van der Waals surface area (Å²) in [6.07, 6.45) is -0.719. The Bertz CT molecular complexity index is 429. The fraction of sp³-hybridized carbons (Fsp3) is 0.500. The predicted octanol–water partition coefficient (Wildman–Crippen LogP) is 1.19. The van der Waals surface area contributed by atoms with E-state index in [1.165, 1.54) is 0 Å². The Labute approximate surface area is 124 Å². The highest BCUT2D eigenvalue weighted by Crippen LogP contribution is 2.22. The molecule has 0 saturated carbocycles. The van der Waals surface area contributed by atoms with Crippen molar-refractivity contribution >= 4 is 17.5 Å². The SMILES string of the molecule is CCNC(=O)C(C)NCC(O)COc1ccccc1Cl. The lowest BCUT2D eigenvalue weighted by molar-refractivity contribution is -0.122. The molecule has 112 valence electrons. The van der Waals surface area contributed by atoms with Crippen molar-refractivity contribution in [3.63, 3.8) is 0 Å². The van der Waals surface area contributed by atoms with E-state index in [0.717, 1.165) is 0 Å². The standard InChI is InChI=1S/C14H21ClN2O3/c1-3-16-14(19)10(2)17-8-11(18)9-20-13-7-5-4-6-12(13)15/h4-7,10-11,17-18H,3,8-9H2,1-2H3,(H,16,19). The predicted molar refractivity (Wildman–Crippen MR) is 79.1 cm³/mol. The second kappa shape index (κ2) is 8.79. The highest BCUT2D eigenvalue weighted by molar-refractivity contribution is 6.32. The van der Waals surface area contributed by atoms with Gasteiger partial charge in [0.15, 0.2) is 0 Å². The largest absolute Gasteiger partial charge is 0.489 e. The first-order chi connectivity index (χ1) is 9.54. The minimum Gasteiger partial charge on any atom is -0.489 e. The molecule has 1 aromatic carbocycles. The molecule has 5 nitrogen and oxygen atoms in total. The molecule has 0 radical (unpaired) electrons. The van der Waals surface area contributed by atoms with Gasteiger partial charge < -0.3 is 20.5 Å². The molecule has 0 heterocycles. The van der Waals surface area contributed by atoms with E-state index in [9.17, 15) is 9.90 Å². The van der Waals surface area contributed by atoms with Gasteiger partial charge in [-0.2, -0.15) is 0 Å². The van der Waals surface area contributed by atoms with Gasteiger partial charge in [-0.1, -0.05) is 23.7 Å². The maximum atomic E-state index is 11.5. The highest BCUT2D eigenvalue weighted by atomic mass is 35.5. The Morgan fingerprint density at radius 3 is 2.80 bits per heavy atom. The van der Waals surface area contributed by atoms with Crippen molar-refractivity contribution in [1.82, 2.24) is 10.6 Å². The second-order valence-electron chi connectivity index (χ2n) is 4.42. The van der Waals surface area contributed by atoms with Gasteiger partial charge in [-0.3, -0.25) is 4.79 Å². The van der Waals surface area contributed by atoms with Gasteiger partial charge in [0.1, 0.15) is 18.5 Å². The molecule has 2 atom stereocenters. The van der Waals surface area contributed by atoms with Crippen LogP contribution in [0.5, 0.6) is 5.75 Å². The molecule has 0 saturated heterocycles. The maximum Gasteiger partial charge on any atom is 0.236 e. The monoisotopic (exact) mass is 300 g/mol. The number of nitrogens with one attached hydrogen (secondary N) is 2. The summed E-state index contributed by atoms with van der Waals surface area (Å²) in [4.78, 5) is 11.5. The Morgan fingerprint density at radius 1 is 1.45 bits per heavy atom. The van der Waals surface area contributed by atoms with Crippen LogP contribution >= 0.6 is 11.6 Å². The maximum absolute atomic E-state index is 11.5. The molecular formula is C14H21ClN2O3. The lowest BCUT2D eigenvalue weighted by Crippen LogP contribution is -2.45. The molecule has 20 heavy (non-hydrogen) atoms. The first-order valence-electron chi connectivity index (χ1n) is 6.61. The van der Waals surface area contributed by atoms with Crippen LogP contribution in [-0.4, -0.2) is 42.9 Å². The van der Waals surface area contributed by atoms with Crippen LogP contribution in [0, 0.1) is 0 Å². The van der Waals surface area contributed by atoms with Gasteiger partial charge in [0, 0.05) is 13.1 Å². The summed E-state index contributed by atoms with van der Waals surface area (Å²) in [5, 5.41) is 15.9. The molecule has 1 aromatic rings. The summed E-state index contributed by atoms with van der Waals surface area (Å²) in [5.41, 5.74) is 0. The molecular weight excluding hydrogens is 280 g/mol. The molecule has 2 unspecified atom stereocenters. The third-order valence-corrected chi connectivity index (χ3v) is 2.98. The van der Waals surface area contributed by atoms with Crippen LogP contribution in [-0.2, 0) is 4.79 Å². The number of para-hydroxylation sites is 1. The van der Waals surface area contributed by atoms with Crippen LogP contribution < -0.4 is 15.4 Å². The normalized spacial score (nSPS) is 13.6. The molecule has 1 rings (SSSR count). The summed E-state index contributed by atoms with van der Waals surface area (Å²) in [6, 6.07) is 6.72. The van der Waals surface area contributed by atoms with E-state index in [2.05, 4.69) is 10.6 Å². The van der Waals surface area contributed by atoms with E-state index in [0.29, 0.717) is 17.3 Å². The van der Waals surface area contributed by atoms with Gasteiger partial charge in [0.05, 0.1) is 11.1 Å². The molecule has 0 spiro atoms. The van der Waals surface area contributed by atoms with Gasteiger partial charge in [-0.15, -0.1) is 0 Å². The number of hydrogen-bond donors (Lipinski definition) is 3. The zero-order chi connectivity index (χ0) is 15.0. The summed E-state index contributed by atoms with van der Waals surface area (Å²) in [6.45, 7) is 4.56. The fourth-order valence-corrected chi connectivity index (χ4v) is 1.73. The number of aliphatic hydroxyl groups excluding tert-OH is 1. The van der Waals surface area contributed by atoms with Crippen molar-refractivity contribution in [2.45, 2.75) is 26.0 Å². The third kappa shape index (κ3) is 5.77. The van der Waals surface area contributed by atoms with E-state index < -0.39 is 6.10 Å². The van der Waals surface area contributed by atoms with Crippen molar-refractivity contribution in [1.29, 1.82) is 0 Å². The zero-order valence-corrected chi connectivity index (χ0v) is 12.5. The van der Waals surface area contributed by atoms with Gasteiger partial charge >= 0.3 is 0 Å². The number of carbonyl (C=O) groups is 1. The number of halogens is 1. The zero-order valence-electron chi connectivity index (χ0n) is 11.7. The van der Waals surface area contributed by atoms with Crippen LogP contribution in [0.3, 0.4) is 0 Å². The van der Waals surface area contributed by atoms with Crippen LogP contribution in [0.25, 0.3) is 0 Å². The minimum absolute atomic E-state index is 0.0910. The number of likely N-dealkylation sites (N-methyl/N-ethyl adjacent to an activating group) is 1. The number of benzene rings is 1. The van der Waals surface area contributed by atoms with Crippen molar-refractivity contribution in [3.8, 4) is 5.75 Å². The lowest BCUT2D eigenvalue weighted by Gasteiger charge is -2.17. The smallest absolute Gasteiger partial charge is 0.236 e. The molecule has 0 aromatic heterocycles. The van der Waals surface area contributed by atoms with Crippen molar-refractivity contribution in [2.75, 3.05) is 19.7 Å². The van der Waals surface area contributed by atoms with E-state index in [1.807, 2.05) is 13.0 Å². The first-order valence-corrected chi connectivity index (χ1v) is 6.98. The Morgan fingerprint density at radius 2 is 2.15 bits per heavy atom. The molecule has 1 amide bonds. The molecule has 6 heteroatoms. The van der Waals surface area contributed by atoms with Gasteiger partial charge in [-0.05, 0) is 26.0 Å². The van der Waals surface area contributed by atoms with Crippen LogP contribution in [0.4, 0.5) is 0 Å². The first kappa shape index (κ1) is 16.8. The van der Waals surface area contributed by atoms with E-state index in [1.54, 1.807) is 25.1 Å². The topological polar surface area (TPSA) is 70.6 Å². The number of carbonyl (C=O) groups excluding carboxylic acids is 1. The molecule has 0 bridgehead atoms. The Hall–Kier alpha value is -1.30. The van der Waals surface area contributed by atoms with E-state index >= 15 is 0 Å². The number of aliphatic hydroxyl groups is 1. The number of amides is 1. The van der Waals surface area contributed by atoms with Crippen LogP contribution in [0.1, 0.15) is 13.8 Å². The molecule has 0 aliphatic rings. The molecule has 0 fully saturated rings. The van der Waals surface area contributed by atoms with E-state index in [4.69, 9.17) is 16.3 Å². The summed E-state index contributed by atoms with van der Waals surface area (Å²) in [5.74, 6) is 0.441. The molecule has 3 N–H and O–H groups in total. The quantitative estimate of drug-likeness (QED) is 0.674. The average Bonchev–Trinajstić information content (AvgIpc) is 2.44. The lowest BCUT2D eigenvalue weighted by atomic mass is 10.3.